The lowest BCUT2D eigenvalue weighted by molar-refractivity contribution is -0.130. The Bertz CT molecular complexity index is 754. The Morgan fingerprint density at radius 1 is 1.36 bits per heavy atom. The van der Waals surface area contributed by atoms with Crippen LogP contribution in [0.2, 0.25) is 5.02 Å². The zero-order valence-corrected chi connectivity index (χ0v) is 15.9. The molecule has 1 aromatic heterocycles. The highest BCUT2D eigenvalue weighted by atomic mass is 35.5. The number of nitrogens with two attached hydrogens (primary N) is 1. The minimum atomic E-state index is -0.849. The van der Waals surface area contributed by atoms with Crippen molar-refractivity contribution in [2.75, 3.05) is 13.2 Å². The summed E-state index contributed by atoms with van der Waals surface area (Å²) in [7, 11) is 0. The van der Waals surface area contributed by atoms with E-state index in [0.29, 0.717) is 31.1 Å². The van der Waals surface area contributed by atoms with Gasteiger partial charge in [-0.3, -0.25) is 4.79 Å². The lowest BCUT2D eigenvalue weighted by atomic mass is 9.90. The third kappa shape index (κ3) is 4.03. The molecular weight excluding hydrogens is 358 g/mol. The summed E-state index contributed by atoms with van der Waals surface area (Å²) in [6, 6.07) is 7.41. The summed E-state index contributed by atoms with van der Waals surface area (Å²) >= 11 is 7.54. The average Bonchev–Trinajstić information content (AvgIpc) is 2.98. The second-order valence-electron chi connectivity index (χ2n) is 6.43. The molecule has 1 aliphatic rings. The van der Waals surface area contributed by atoms with Crippen LogP contribution in [-0.2, 0) is 9.53 Å². The van der Waals surface area contributed by atoms with Gasteiger partial charge in [-0.25, -0.2) is 4.98 Å². The lowest BCUT2D eigenvalue weighted by Gasteiger charge is -2.32. The van der Waals surface area contributed by atoms with Gasteiger partial charge in [-0.1, -0.05) is 23.7 Å². The number of benzene rings is 1. The SMILES string of the molecule is Cc1sc(C(C)NC(=O)C2(N)CCOCC2)nc1-c1ccc(Cl)cc1. The number of carbonyl (C=O) groups is 1. The first kappa shape index (κ1) is 18.3. The second kappa shape index (κ2) is 7.41. The molecule has 3 rings (SSSR count). The fraction of sp³-hybridized carbons (Fsp3) is 0.444. The van der Waals surface area contributed by atoms with Gasteiger partial charge in [0.15, 0.2) is 0 Å². The maximum absolute atomic E-state index is 12.6. The van der Waals surface area contributed by atoms with Crippen LogP contribution in [0, 0.1) is 6.92 Å². The predicted molar refractivity (Wildman–Crippen MR) is 101 cm³/mol. The molecule has 1 aromatic carbocycles. The molecule has 3 N–H and O–H groups in total. The third-order valence-corrected chi connectivity index (χ3v) is 5.89. The number of thiazole rings is 1. The fourth-order valence-electron chi connectivity index (χ4n) is 2.84. The van der Waals surface area contributed by atoms with Crippen molar-refractivity contribution in [1.82, 2.24) is 10.3 Å². The quantitative estimate of drug-likeness (QED) is 0.852. The number of carbonyl (C=O) groups excluding carboxylic acids is 1. The highest BCUT2D eigenvalue weighted by Gasteiger charge is 2.36. The normalized spacial score (nSPS) is 17.9. The number of halogens is 1. The lowest BCUT2D eigenvalue weighted by Crippen LogP contribution is -2.57. The minimum Gasteiger partial charge on any atom is -0.381 e. The van der Waals surface area contributed by atoms with Crippen molar-refractivity contribution in [3.8, 4) is 11.3 Å². The number of hydrogen-bond acceptors (Lipinski definition) is 5. The van der Waals surface area contributed by atoms with Crippen molar-refractivity contribution in [2.24, 2.45) is 5.73 Å². The fourth-order valence-corrected chi connectivity index (χ4v) is 3.92. The third-order valence-electron chi connectivity index (χ3n) is 4.49. The minimum absolute atomic E-state index is 0.135. The monoisotopic (exact) mass is 379 g/mol. The van der Waals surface area contributed by atoms with Crippen LogP contribution in [0.1, 0.15) is 35.7 Å². The van der Waals surface area contributed by atoms with Crippen molar-refractivity contribution < 1.29 is 9.53 Å². The van der Waals surface area contributed by atoms with Crippen molar-refractivity contribution in [2.45, 2.75) is 38.3 Å². The molecule has 1 aliphatic heterocycles. The maximum Gasteiger partial charge on any atom is 0.240 e. The van der Waals surface area contributed by atoms with Gasteiger partial charge in [-0.05, 0) is 38.8 Å². The van der Waals surface area contributed by atoms with Crippen LogP contribution in [0.3, 0.4) is 0 Å². The van der Waals surface area contributed by atoms with E-state index in [1.807, 2.05) is 38.1 Å². The first-order valence-corrected chi connectivity index (χ1v) is 9.49. The summed E-state index contributed by atoms with van der Waals surface area (Å²) in [4.78, 5) is 18.4. The van der Waals surface area contributed by atoms with Crippen molar-refractivity contribution in [1.29, 1.82) is 0 Å². The Morgan fingerprint density at radius 2 is 2.00 bits per heavy atom. The van der Waals surface area contributed by atoms with Crippen molar-refractivity contribution in [3.05, 3.63) is 39.2 Å². The summed E-state index contributed by atoms with van der Waals surface area (Å²) in [5.41, 5.74) is 7.34. The number of ether oxygens (including phenoxy) is 1. The molecule has 1 atom stereocenters. The highest BCUT2D eigenvalue weighted by Crippen LogP contribution is 2.31. The van der Waals surface area contributed by atoms with Gasteiger partial charge in [-0.2, -0.15) is 0 Å². The molecule has 0 saturated carbocycles. The molecule has 2 heterocycles. The molecule has 1 fully saturated rings. The Hall–Kier alpha value is -1.47. The van der Waals surface area contributed by atoms with E-state index in [4.69, 9.17) is 27.1 Å². The van der Waals surface area contributed by atoms with Gasteiger partial charge in [0.2, 0.25) is 5.91 Å². The first-order valence-electron chi connectivity index (χ1n) is 8.30. The van der Waals surface area contributed by atoms with Crippen LogP contribution in [0.5, 0.6) is 0 Å². The molecule has 0 radical (unpaired) electrons. The molecule has 25 heavy (non-hydrogen) atoms. The molecule has 0 aliphatic carbocycles. The Balaban J connectivity index is 1.74. The van der Waals surface area contributed by atoms with Crippen LogP contribution >= 0.6 is 22.9 Å². The van der Waals surface area contributed by atoms with E-state index in [2.05, 4.69) is 5.32 Å². The van der Waals surface area contributed by atoms with E-state index >= 15 is 0 Å². The van der Waals surface area contributed by atoms with Gasteiger partial charge < -0.3 is 15.8 Å². The van der Waals surface area contributed by atoms with Crippen LogP contribution in [-0.4, -0.2) is 29.6 Å². The summed E-state index contributed by atoms with van der Waals surface area (Å²) in [5.74, 6) is -0.135. The van der Waals surface area contributed by atoms with E-state index in [9.17, 15) is 4.79 Å². The predicted octanol–water partition coefficient (Wildman–Crippen LogP) is 3.46. The molecule has 7 heteroatoms. The number of aryl methyl sites for hydroxylation is 1. The van der Waals surface area contributed by atoms with Gasteiger partial charge in [0.25, 0.3) is 0 Å². The molecule has 0 spiro atoms. The van der Waals surface area contributed by atoms with Gasteiger partial charge in [0.1, 0.15) is 5.01 Å². The number of rotatable bonds is 4. The van der Waals surface area contributed by atoms with Gasteiger partial charge in [-0.15, -0.1) is 11.3 Å². The molecule has 1 unspecified atom stereocenters. The molecular formula is C18H22ClN3O2S. The maximum atomic E-state index is 12.6. The van der Waals surface area contributed by atoms with Crippen LogP contribution in [0.4, 0.5) is 0 Å². The van der Waals surface area contributed by atoms with Crippen LogP contribution in [0.25, 0.3) is 11.3 Å². The van der Waals surface area contributed by atoms with Gasteiger partial charge in [0, 0.05) is 28.7 Å². The molecule has 1 saturated heterocycles. The van der Waals surface area contributed by atoms with Gasteiger partial charge >= 0.3 is 0 Å². The number of hydrogen-bond donors (Lipinski definition) is 2. The number of nitrogens with zero attached hydrogens (tertiary/aromatic N) is 1. The molecule has 1 amide bonds. The van der Waals surface area contributed by atoms with Crippen LogP contribution < -0.4 is 11.1 Å². The number of aromatic nitrogens is 1. The summed E-state index contributed by atoms with van der Waals surface area (Å²) in [6.45, 7) is 5.01. The molecule has 5 nitrogen and oxygen atoms in total. The topological polar surface area (TPSA) is 77.2 Å². The largest absolute Gasteiger partial charge is 0.381 e. The smallest absolute Gasteiger partial charge is 0.240 e. The van der Waals surface area contributed by atoms with Crippen molar-refractivity contribution in [3.63, 3.8) is 0 Å². The van der Waals surface area contributed by atoms with E-state index < -0.39 is 5.54 Å². The zero-order chi connectivity index (χ0) is 18.0. The van der Waals surface area contributed by atoms with E-state index in [0.717, 1.165) is 21.1 Å². The number of nitrogens with one attached hydrogen (secondary N) is 1. The molecule has 2 aromatic rings. The van der Waals surface area contributed by atoms with E-state index in [1.54, 1.807) is 11.3 Å². The van der Waals surface area contributed by atoms with Crippen LogP contribution in [0.15, 0.2) is 24.3 Å². The van der Waals surface area contributed by atoms with E-state index in [1.165, 1.54) is 0 Å². The average molecular weight is 380 g/mol. The second-order valence-corrected chi connectivity index (χ2v) is 8.10. The molecule has 0 bridgehead atoms. The van der Waals surface area contributed by atoms with E-state index in [-0.39, 0.29) is 11.9 Å². The summed E-state index contributed by atoms with van der Waals surface area (Å²) in [6.07, 6.45) is 1.08. The standard InChI is InChI=1S/C18H22ClN3O2S/c1-11(21-17(23)18(20)7-9-24-10-8-18)16-22-15(12(2)25-16)13-3-5-14(19)6-4-13/h3-6,11H,7-10,20H2,1-2H3,(H,21,23). The first-order chi connectivity index (χ1) is 11.9. The zero-order valence-electron chi connectivity index (χ0n) is 14.3. The summed E-state index contributed by atoms with van der Waals surface area (Å²) in [5, 5.41) is 4.58. The Morgan fingerprint density at radius 3 is 2.64 bits per heavy atom. The summed E-state index contributed by atoms with van der Waals surface area (Å²) < 4.78 is 5.30. The van der Waals surface area contributed by atoms with Gasteiger partial charge in [0.05, 0.1) is 17.3 Å². The Labute approximate surface area is 156 Å². The number of amides is 1. The van der Waals surface area contributed by atoms with Crippen molar-refractivity contribution >= 4 is 28.8 Å². The molecule has 134 valence electrons. The Kier molecular flexibility index (Phi) is 5.43. The highest BCUT2D eigenvalue weighted by molar-refractivity contribution is 7.12.